The third kappa shape index (κ3) is 2.40. The first-order chi connectivity index (χ1) is 9.50. The number of carbonyl (C=O) groups is 1. The average Bonchev–Trinajstić information content (AvgIpc) is 2.65. The van der Waals surface area contributed by atoms with Crippen molar-refractivity contribution in [2.75, 3.05) is 19.6 Å². The molecule has 2 aliphatic rings. The molecule has 1 heterocycles. The number of hydrogen-bond acceptors (Lipinski definition) is 2. The van der Waals surface area contributed by atoms with Crippen LogP contribution < -0.4 is 0 Å². The van der Waals surface area contributed by atoms with Gasteiger partial charge in [0, 0.05) is 22.5 Å². The summed E-state index contributed by atoms with van der Waals surface area (Å²) < 4.78 is 0. The lowest BCUT2D eigenvalue weighted by molar-refractivity contribution is 0.0617. The Hall–Kier alpha value is -0.860. The van der Waals surface area contributed by atoms with Gasteiger partial charge in [0.1, 0.15) is 0 Å². The van der Waals surface area contributed by atoms with Crippen LogP contribution in [-0.2, 0) is 6.42 Å². The van der Waals surface area contributed by atoms with Crippen LogP contribution in [0.3, 0.4) is 0 Å². The van der Waals surface area contributed by atoms with Gasteiger partial charge in [-0.1, -0.05) is 25.4 Å². The van der Waals surface area contributed by atoms with Crippen LogP contribution in [0, 0.1) is 11.3 Å². The summed E-state index contributed by atoms with van der Waals surface area (Å²) >= 11 is 6.06. The van der Waals surface area contributed by atoms with Crippen LogP contribution in [0.5, 0.6) is 0 Å². The Morgan fingerprint density at radius 1 is 1.30 bits per heavy atom. The van der Waals surface area contributed by atoms with E-state index in [4.69, 9.17) is 11.6 Å². The number of halogens is 1. The molecule has 3 heteroatoms. The number of nitrogens with zero attached hydrogens (tertiary/aromatic N) is 1. The zero-order valence-corrected chi connectivity index (χ0v) is 13.0. The van der Waals surface area contributed by atoms with Gasteiger partial charge in [0.25, 0.3) is 0 Å². The van der Waals surface area contributed by atoms with Crippen molar-refractivity contribution < 1.29 is 4.79 Å². The van der Waals surface area contributed by atoms with E-state index in [9.17, 15) is 4.79 Å². The third-order valence-corrected chi connectivity index (χ3v) is 4.99. The predicted molar refractivity (Wildman–Crippen MR) is 82.4 cm³/mol. The summed E-state index contributed by atoms with van der Waals surface area (Å²) in [5, 5.41) is 0.742. The molecule has 1 aliphatic heterocycles. The molecule has 1 fully saturated rings. The van der Waals surface area contributed by atoms with Crippen molar-refractivity contribution in [3.05, 3.63) is 34.3 Å². The first kappa shape index (κ1) is 14.1. The van der Waals surface area contributed by atoms with Gasteiger partial charge in [0.15, 0.2) is 5.78 Å². The Balaban J connectivity index is 1.76. The number of likely N-dealkylation sites (tertiary alicyclic amines) is 1. The fraction of sp³-hybridized carbons (Fsp3) is 0.588. The van der Waals surface area contributed by atoms with Crippen LogP contribution in [0.15, 0.2) is 18.2 Å². The molecule has 0 bridgehead atoms. The van der Waals surface area contributed by atoms with Crippen LogP contribution in [0.2, 0.25) is 5.02 Å². The van der Waals surface area contributed by atoms with Crippen molar-refractivity contribution in [1.82, 2.24) is 4.90 Å². The normalized spacial score (nSPS) is 21.7. The van der Waals surface area contributed by atoms with Gasteiger partial charge in [-0.25, -0.2) is 0 Å². The third-order valence-electron chi connectivity index (χ3n) is 4.76. The van der Waals surface area contributed by atoms with E-state index in [-0.39, 0.29) is 5.41 Å². The van der Waals surface area contributed by atoms with E-state index in [2.05, 4.69) is 18.7 Å². The Labute approximate surface area is 126 Å². The summed E-state index contributed by atoms with van der Waals surface area (Å²) in [6.07, 6.45) is 2.87. The minimum Gasteiger partial charge on any atom is -0.303 e. The molecule has 0 atom stereocenters. The van der Waals surface area contributed by atoms with Crippen molar-refractivity contribution in [2.24, 2.45) is 11.3 Å². The van der Waals surface area contributed by atoms with Gasteiger partial charge in [-0.15, -0.1) is 0 Å². The van der Waals surface area contributed by atoms with Gasteiger partial charge >= 0.3 is 0 Å². The topological polar surface area (TPSA) is 20.3 Å². The maximum absolute atomic E-state index is 12.8. The molecule has 2 nitrogen and oxygen atoms in total. The second-order valence-corrected chi connectivity index (χ2v) is 7.22. The van der Waals surface area contributed by atoms with Crippen molar-refractivity contribution in [2.45, 2.75) is 33.1 Å². The molecule has 0 amide bonds. The number of Topliss-reactive ketones (excluding diaryl/α,β-unsaturated/α-hetero) is 1. The lowest BCUT2D eigenvalue weighted by atomic mass is 9.75. The second kappa shape index (κ2) is 5.16. The molecule has 20 heavy (non-hydrogen) atoms. The molecule has 0 unspecified atom stereocenters. The van der Waals surface area contributed by atoms with Gasteiger partial charge in [-0.2, -0.15) is 0 Å². The Kier molecular flexibility index (Phi) is 3.64. The van der Waals surface area contributed by atoms with Crippen molar-refractivity contribution in [3.63, 3.8) is 0 Å². The highest BCUT2D eigenvalue weighted by Crippen LogP contribution is 2.45. The molecule has 0 radical (unpaired) electrons. The number of benzene rings is 1. The van der Waals surface area contributed by atoms with Crippen LogP contribution in [-0.4, -0.2) is 30.3 Å². The highest BCUT2D eigenvalue weighted by atomic mass is 35.5. The molecule has 0 N–H and O–H groups in total. The maximum atomic E-state index is 12.8. The van der Waals surface area contributed by atoms with E-state index >= 15 is 0 Å². The fourth-order valence-electron chi connectivity index (χ4n) is 3.74. The number of carbonyl (C=O) groups excluding carboxylic acids is 1. The summed E-state index contributed by atoms with van der Waals surface area (Å²) in [6, 6.07) is 5.73. The minimum atomic E-state index is -0.138. The summed E-state index contributed by atoms with van der Waals surface area (Å²) in [4.78, 5) is 15.3. The van der Waals surface area contributed by atoms with Crippen molar-refractivity contribution in [1.29, 1.82) is 0 Å². The van der Waals surface area contributed by atoms with Gasteiger partial charge in [-0.3, -0.25) is 4.79 Å². The highest BCUT2D eigenvalue weighted by Gasteiger charge is 2.46. The van der Waals surface area contributed by atoms with Gasteiger partial charge < -0.3 is 4.90 Å². The quantitative estimate of drug-likeness (QED) is 0.826. The van der Waals surface area contributed by atoms with E-state index < -0.39 is 0 Å². The number of ketones is 1. The average molecular weight is 292 g/mol. The molecule has 1 saturated heterocycles. The smallest absolute Gasteiger partial charge is 0.169 e. The molecular formula is C17H22ClNO. The number of hydrogen-bond donors (Lipinski definition) is 0. The Bertz CT molecular complexity index is 530. The molecule has 108 valence electrons. The van der Waals surface area contributed by atoms with Gasteiger partial charge in [-0.05, 0) is 62.0 Å². The standard InChI is InChI=1S/C17H22ClNO/c1-12(2)11-19-7-5-17(6-8-19)10-13-9-14(18)3-4-15(13)16(17)20/h3-4,9,12H,5-8,10-11H2,1-2H3. The van der Waals surface area contributed by atoms with Gasteiger partial charge in [0.2, 0.25) is 0 Å². The summed E-state index contributed by atoms with van der Waals surface area (Å²) in [5.41, 5.74) is 1.92. The lowest BCUT2D eigenvalue weighted by Crippen LogP contribution is -2.44. The SMILES string of the molecule is CC(C)CN1CCC2(CC1)Cc1cc(Cl)ccc1C2=O. The Morgan fingerprint density at radius 2 is 2.00 bits per heavy atom. The van der Waals surface area contributed by atoms with Gasteiger partial charge in [0.05, 0.1) is 0 Å². The van der Waals surface area contributed by atoms with E-state index in [0.717, 1.165) is 55.0 Å². The molecular weight excluding hydrogens is 270 g/mol. The second-order valence-electron chi connectivity index (χ2n) is 6.78. The zero-order chi connectivity index (χ0) is 14.3. The molecule has 1 spiro atoms. The van der Waals surface area contributed by atoms with Crippen molar-refractivity contribution in [3.8, 4) is 0 Å². The van der Waals surface area contributed by atoms with E-state index in [1.54, 1.807) is 0 Å². The molecule has 0 saturated carbocycles. The first-order valence-electron chi connectivity index (χ1n) is 7.56. The van der Waals surface area contributed by atoms with E-state index in [1.165, 1.54) is 0 Å². The highest BCUT2D eigenvalue weighted by molar-refractivity contribution is 6.30. The van der Waals surface area contributed by atoms with Crippen LogP contribution in [0.25, 0.3) is 0 Å². The zero-order valence-electron chi connectivity index (χ0n) is 12.3. The van der Waals surface area contributed by atoms with Crippen LogP contribution in [0.4, 0.5) is 0 Å². The summed E-state index contributed by atoms with van der Waals surface area (Å²) in [7, 11) is 0. The first-order valence-corrected chi connectivity index (χ1v) is 7.93. The molecule has 3 rings (SSSR count). The molecule has 1 aromatic carbocycles. The fourth-order valence-corrected chi connectivity index (χ4v) is 3.94. The molecule has 1 aromatic rings. The largest absolute Gasteiger partial charge is 0.303 e. The summed E-state index contributed by atoms with van der Waals surface area (Å²) in [5.74, 6) is 1.05. The number of fused-ring (bicyclic) bond motifs is 1. The molecule has 0 aromatic heterocycles. The number of piperidine rings is 1. The summed E-state index contributed by atoms with van der Waals surface area (Å²) in [6.45, 7) is 7.74. The minimum absolute atomic E-state index is 0.138. The maximum Gasteiger partial charge on any atom is 0.169 e. The Morgan fingerprint density at radius 3 is 2.65 bits per heavy atom. The van der Waals surface area contributed by atoms with E-state index in [1.807, 2.05) is 18.2 Å². The monoisotopic (exact) mass is 291 g/mol. The number of rotatable bonds is 2. The van der Waals surface area contributed by atoms with E-state index in [0.29, 0.717) is 11.7 Å². The molecule has 1 aliphatic carbocycles. The van der Waals surface area contributed by atoms with Crippen molar-refractivity contribution >= 4 is 17.4 Å². The van der Waals surface area contributed by atoms with Crippen LogP contribution >= 0.6 is 11.6 Å². The predicted octanol–water partition coefficient (Wildman–Crippen LogP) is 3.82. The van der Waals surface area contributed by atoms with Crippen LogP contribution in [0.1, 0.15) is 42.6 Å². The lowest BCUT2D eigenvalue weighted by Gasteiger charge is -2.38.